The van der Waals surface area contributed by atoms with Gasteiger partial charge in [-0.05, 0) is 25.5 Å². The number of carbonyl (C=O) groups is 1. The maximum atomic E-state index is 12.5. The highest BCUT2D eigenvalue weighted by molar-refractivity contribution is 7.21. The Hall–Kier alpha value is -2.54. The second-order valence-electron chi connectivity index (χ2n) is 5.29. The first-order chi connectivity index (χ1) is 11.0. The lowest BCUT2D eigenvalue weighted by Crippen LogP contribution is -2.29. The van der Waals surface area contributed by atoms with E-state index in [4.69, 9.17) is 4.74 Å². The molecule has 0 saturated heterocycles. The summed E-state index contributed by atoms with van der Waals surface area (Å²) in [5, 5.41) is 8.33. The van der Waals surface area contributed by atoms with Crippen molar-refractivity contribution in [2.75, 3.05) is 0 Å². The van der Waals surface area contributed by atoms with E-state index in [0.717, 1.165) is 15.1 Å². The van der Waals surface area contributed by atoms with Gasteiger partial charge in [0.05, 0.1) is 11.5 Å². The highest BCUT2D eigenvalue weighted by atomic mass is 32.1. The van der Waals surface area contributed by atoms with E-state index in [-0.39, 0.29) is 18.2 Å². The van der Waals surface area contributed by atoms with Gasteiger partial charge in [0.2, 0.25) is 0 Å². The van der Waals surface area contributed by atoms with Crippen LogP contribution in [0.25, 0.3) is 20.7 Å². The predicted octanol–water partition coefficient (Wildman–Crippen LogP) is 2.47. The van der Waals surface area contributed by atoms with Gasteiger partial charge in [-0.15, -0.1) is 16.4 Å². The lowest BCUT2D eigenvalue weighted by atomic mass is 10.2. The summed E-state index contributed by atoms with van der Waals surface area (Å²) in [5.41, 5.74) is 0.676. The van der Waals surface area contributed by atoms with Crippen LogP contribution in [0.5, 0.6) is 0 Å². The number of ether oxygens (including phenoxy) is 1. The Labute approximate surface area is 136 Å². The molecule has 0 fully saturated rings. The van der Waals surface area contributed by atoms with Gasteiger partial charge in [-0.3, -0.25) is 9.59 Å². The van der Waals surface area contributed by atoms with E-state index < -0.39 is 5.97 Å². The van der Waals surface area contributed by atoms with E-state index >= 15 is 0 Å². The number of aromatic nitrogens is 3. The first-order valence-electron chi connectivity index (χ1n) is 7.17. The zero-order chi connectivity index (χ0) is 16.4. The summed E-state index contributed by atoms with van der Waals surface area (Å²) in [5.74, 6) is -0.505. The molecule has 3 aromatic rings. The average Bonchev–Trinajstić information content (AvgIpc) is 2.95. The van der Waals surface area contributed by atoms with Crippen LogP contribution in [0.15, 0.2) is 41.2 Å². The first kappa shape index (κ1) is 15.4. The standard InChI is InChI=1S/C16H15N3O3S/c1-10(2)22-14(20)9-19-16(21)12-8-13(23-15(12)17-18-19)11-6-4-3-5-7-11/h3-8,10H,9H2,1-2H3. The van der Waals surface area contributed by atoms with E-state index in [1.807, 2.05) is 30.3 Å². The van der Waals surface area contributed by atoms with Crippen LogP contribution in [-0.4, -0.2) is 27.1 Å². The summed E-state index contributed by atoms with van der Waals surface area (Å²) in [7, 11) is 0. The second kappa shape index (κ2) is 6.29. The van der Waals surface area contributed by atoms with Gasteiger partial charge in [-0.25, -0.2) is 0 Å². The summed E-state index contributed by atoms with van der Waals surface area (Å²) in [6, 6.07) is 11.5. The van der Waals surface area contributed by atoms with Gasteiger partial charge in [-0.2, -0.15) is 4.68 Å². The lowest BCUT2D eigenvalue weighted by molar-refractivity contribution is -0.148. The number of thiophene rings is 1. The largest absolute Gasteiger partial charge is 0.462 e. The summed E-state index contributed by atoms with van der Waals surface area (Å²) in [6.07, 6.45) is -0.235. The van der Waals surface area contributed by atoms with Crippen LogP contribution in [0.4, 0.5) is 0 Å². The van der Waals surface area contributed by atoms with E-state index in [0.29, 0.717) is 10.2 Å². The maximum Gasteiger partial charge on any atom is 0.328 e. The van der Waals surface area contributed by atoms with Gasteiger partial charge in [0.15, 0.2) is 4.83 Å². The van der Waals surface area contributed by atoms with Crippen LogP contribution in [0.2, 0.25) is 0 Å². The number of hydrogen-bond acceptors (Lipinski definition) is 6. The van der Waals surface area contributed by atoms with Crippen molar-refractivity contribution in [3.63, 3.8) is 0 Å². The molecule has 23 heavy (non-hydrogen) atoms. The molecule has 0 radical (unpaired) electrons. The van der Waals surface area contributed by atoms with Crippen molar-refractivity contribution in [3.8, 4) is 10.4 Å². The van der Waals surface area contributed by atoms with Crippen molar-refractivity contribution in [3.05, 3.63) is 46.8 Å². The van der Waals surface area contributed by atoms with E-state index in [1.54, 1.807) is 19.9 Å². The van der Waals surface area contributed by atoms with Crippen molar-refractivity contribution >= 4 is 27.5 Å². The molecule has 0 N–H and O–H groups in total. The van der Waals surface area contributed by atoms with Crippen molar-refractivity contribution in [2.24, 2.45) is 0 Å². The molecule has 0 spiro atoms. The number of carbonyl (C=O) groups excluding carboxylic acids is 1. The van der Waals surface area contributed by atoms with Crippen LogP contribution in [0.3, 0.4) is 0 Å². The van der Waals surface area contributed by atoms with Crippen molar-refractivity contribution in [1.29, 1.82) is 0 Å². The Kier molecular flexibility index (Phi) is 4.20. The predicted molar refractivity (Wildman–Crippen MR) is 88.3 cm³/mol. The molecule has 0 amide bonds. The molecule has 6 nitrogen and oxygen atoms in total. The molecule has 7 heteroatoms. The van der Waals surface area contributed by atoms with Gasteiger partial charge in [0, 0.05) is 4.88 Å². The smallest absolute Gasteiger partial charge is 0.328 e. The SMILES string of the molecule is CC(C)OC(=O)Cn1nnc2sc(-c3ccccc3)cc2c1=O. The monoisotopic (exact) mass is 329 g/mol. The molecule has 0 aliphatic rings. The average molecular weight is 329 g/mol. The minimum absolute atomic E-state index is 0.235. The third kappa shape index (κ3) is 3.29. The number of fused-ring (bicyclic) bond motifs is 1. The Morgan fingerprint density at radius 3 is 2.74 bits per heavy atom. The molecule has 3 rings (SSSR count). The number of esters is 1. The molecule has 2 aromatic heterocycles. The topological polar surface area (TPSA) is 74.1 Å². The van der Waals surface area contributed by atoms with Crippen LogP contribution in [-0.2, 0) is 16.1 Å². The Morgan fingerprint density at radius 2 is 2.04 bits per heavy atom. The zero-order valence-electron chi connectivity index (χ0n) is 12.7. The van der Waals surface area contributed by atoms with Crippen LogP contribution >= 0.6 is 11.3 Å². The highest BCUT2D eigenvalue weighted by Gasteiger charge is 2.14. The Bertz CT molecular complexity index is 900. The first-order valence-corrected chi connectivity index (χ1v) is 7.98. The molecular weight excluding hydrogens is 314 g/mol. The fraction of sp³-hybridized carbons (Fsp3) is 0.250. The molecule has 1 aromatic carbocycles. The fourth-order valence-corrected chi connectivity index (χ4v) is 3.13. The lowest BCUT2D eigenvalue weighted by Gasteiger charge is -2.07. The highest BCUT2D eigenvalue weighted by Crippen LogP contribution is 2.30. The van der Waals surface area contributed by atoms with E-state index in [9.17, 15) is 9.59 Å². The maximum absolute atomic E-state index is 12.5. The molecule has 0 bridgehead atoms. The normalized spacial score (nSPS) is 11.1. The van der Waals surface area contributed by atoms with E-state index in [2.05, 4.69) is 10.3 Å². The van der Waals surface area contributed by atoms with Gasteiger partial charge in [-0.1, -0.05) is 35.5 Å². The molecule has 0 aliphatic carbocycles. The minimum atomic E-state index is -0.505. The molecule has 0 saturated carbocycles. The molecule has 0 aliphatic heterocycles. The van der Waals surface area contributed by atoms with Crippen molar-refractivity contribution in [2.45, 2.75) is 26.5 Å². The van der Waals surface area contributed by atoms with Crippen LogP contribution in [0.1, 0.15) is 13.8 Å². The molecule has 0 unspecified atom stereocenters. The van der Waals surface area contributed by atoms with Gasteiger partial charge in [0.25, 0.3) is 5.56 Å². The Balaban J connectivity index is 1.96. The van der Waals surface area contributed by atoms with Crippen LogP contribution < -0.4 is 5.56 Å². The summed E-state index contributed by atoms with van der Waals surface area (Å²) >= 11 is 1.40. The molecule has 118 valence electrons. The second-order valence-corrected chi connectivity index (χ2v) is 6.32. The summed E-state index contributed by atoms with van der Waals surface area (Å²) in [4.78, 5) is 25.6. The van der Waals surface area contributed by atoms with Gasteiger partial charge < -0.3 is 4.74 Å². The summed E-state index contributed by atoms with van der Waals surface area (Å²) in [6.45, 7) is 3.26. The van der Waals surface area contributed by atoms with Crippen molar-refractivity contribution in [1.82, 2.24) is 15.0 Å². The third-order valence-corrected chi connectivity index (χ3v) is 4.19. The minimum Gasteiger partial charge on any atom is -0.462 e. The zero-order valence-corrected chi connectivity index (χ0v) is 13.5. The molecule has 2 heterocycles. The number of benzene rings is 1. The fourth-order valence-electron chi connectivity index (χ4n) is 2.15. The van der Waals surface area contributed by atoms with Crippen LogP contribution in [0, 0.1) is 0 Å². The number of nitrogens with zero attached hydrogens (tertiary/aromatic N) is 3. The summed E-state index contributed by atoms with van der Waals surface area (Å²) < 4.78 is 6.07. The number of hydrogen-bond donors (Lipinski definition) is 0. The number of rotatable bonds is 4. The van der Waals surface area contributed by atoms with Gasteiger partial charge in [0.1, 0.15) is 6.54 Å². The molecular formula is C16H15N3O3S. The third-order valence-electron chi connectivity index (χ3n) is 3.13. The van der Waals surface area contributed by atoms with Gasteiger partial charge >= 0.3 is 5.97 Å². The quantitative estimate of drug-likeness (QED) is 0.688. The Morgan fingerprint density at radius 1 is 1.30 bits per heavy atom. The van der Waals surface area contributed by atoms with Crippen molar-refractivity contribution < 1.29 is 9.53 Å². The molecule has 0 atom stereocenters. The van der Waals surface area contributed by atoms with E-state index in [1.165, 1.54) is 11.3 Å².